The molecular weight excluding hydrogens is 468 g/mol. The lowest BCUT2D eigenvalue weighted by Gasteiger charge is -2.32. The second-order valence-corrected chi connectivity index (χ2v) is 8.61. The smallest absolute Gasteiger partial charge is 0.322 e. The number of ether oxygens (including phenoxy) is 2. The van der Waals surface area contributed by atoms with Crippen molar-refractivity contribution >= 4 is 22.6 Å². The van der Waals surface area contributed by atoms with Crippen LogP contribution in [0.25, 0.3) is 16.6 Å². The Balaban J connectivity index is 1.84. The van der Waals surface area contributed by atoms with Gasteiger partial charge in [-0.25, -0.2) is 9.78 Å². The number of urea groups is 1. The number of nitrogens with one attached hydrogen (secondary N) is 1. The fraction of sp³-hybridized carbons (Fsp3) is 0.276. The Bertz CT molecular complexity index is 1430. The van der Waals surface area contributed by atoms with Crippen LogP contribution in [0.15, 0.2) is 77.6 Å². The number of aromatic nitrogens is 2. The minimum atomic E-state index is -0.454. The maximum Gasteiger partial charge on any atom is 0.322 e. The van der Waals surface area contributed by atoms with Crippen LogP contribution in [0.4, 0.5) is 10.5 Å². The number of rotatable bonds is 9. The van der Waals surface area contributed by atoms with Gasteiger partial charge >= 0.3 is 6.03 Å². The molecular formula is C29H32N4O4. The van der Waals surface area contributed by atoms with Gasteiger partial charge in [0.25, 0.3) is 5.56 Å². The number of amides is 2. The quantitative estimate of drug-likeness (QED) is 0.314. The van der Waals surface area contributed by atoms with Gasteiger partial charge in [0.2, 0.25) is 0 Å². The fourth-order valence-electron chi connectivity index (χ4n) is 4.43. The lowest BCUT2D eigenvalue weighted by Crippen LogP contribution is -2.41. The first-order valence-electron chi connectivity index (χ1n) is 12.4. The van der Waals surface area contributed by atoms with Crippen LogP contribution in [0.1, 0.15) is 38.6 Å². The Kier molecular flexibility index (Phi) is 8.08. The van der Waals surface area contributed by atoms with E-state index in [-0.39, 0.29) is 11.6 Å². The molecule has 0 aliphatic heterocycles. The van der Waals surface area contributed by atoms with E-state index in [0.29, 0.717) is 52.6 Å². The summed E-state index contributed by atoms with van der Waals surface area (Å²) in [4.78, 5) is 34.1. The fourth-order valence-corrected chi connectivity index (χ4v) is 4.43. The van der Waals surface area contributed by atoms with Crippen LogP contribution in [-0.2, 0) is 0 Å². The molecule has 0 saturated carbocycles. The van der Waals surface area contributed by atoms with Crippen LogP contribution < -0.4 is 20.3 Å². The zero-order valence-corrected chi connectivity index (χ0v) is 21.6. The summed E-state index contributed by atoms with van der Waals surface area (Å²) in [5.74, 6) is 1.84. The van der Waals surface area contributed by atoms with Gasteiger partial charge in [0, 0.05) is 18.3 Å². The molecule has 0 bridgehead atoms. The maximum atomic E-state index is 13.8. The van der Waals surface area contributed by atoms with E-state index in [2.05, 4.69) is 5.32 Å². The summed E-state index contributed by atoms with van der Waals surface area (Å²) in [6, 6.07) is 21.0. The van der Waals surface area contributed by atoms with Gasteiger partial charge in [-0.2, -0.15) is 0 Å². The minimum Gasteiger partial charge on any atom is -0.497 e. The summed E-state index contributed by atoms with van der Waals surface area (Å²) in [6.07, 6.45) is 1.30. The molecule has 1 aromatic heterocycles. The summed E-state index contributed by atoms with van der Waals surface area (Å²) in [6.45, 7) is 4.49. The topological polar surface area (TPSA) is 85.7 Å². The van der Waals surface area contributed by atoms with Crippen molar-refractivity contribution in [3.05, 3.63) is 89.0 Å². The molecule has 37 heavy (non-hydrogen) atoms. The lowest BCUT2D eigenvalue weighted by molar-refractivity contribution is 0.181. The van der Waals surface area contributed by atoms with Crippen molar-refractivity contribution in [2.75, 3.05) is 26.1 Å². The van der Waals surface area contributed by atoms with Crippen molar-refractivity contribution in [2.45, 2.75) is 32.7 Å². The van der Waals surface area contributed by atoms with Crippen LogP contribution >= 0.6 is 0 Å². The highest BCUT2D eigenvalue weighted by Gasteiger charge is 2.29. The summed E-state index contributed by atoms with van der Waals surface area (Å²) < 4.78 is 12.2. The third-order valence-corrected chi connectivity index (χ3v) is 6.24. The Morgan fingerprint density at radius 2 is 1.70 bits per heavy atom. The standard InChI is InChI=1S/C29H32N4O4/c1-5-18-32(29(35)30-20-10-9-11-23(19-20)37-4)26(6-2)27-31-25-13-8-7-12-24(25)28(34)33(27)21-14-16-22(36-3)17-15-21/h7-17,19,26H,5-6,18H2,1-4H3,(H,30,35). The van der Waals surface area contributed by atoms with E-state index in [9.17, 15) is 9.59 Å². The Labute approximate surface area is 216 Å². The number of hydrogen-bond acceptors (Lipinski definition) is 5. The van der Waals surface area contributed by atoms with Crippen LogP contribution in [0.2, 0.25) is 0 Å². The zero-order chi connectivity index (χ0) is 26.4. The first-order chi connectivity index (χ1) is 18.0. The molecule has 0 radical (unpaired) electrons. The third-order valence-electron chi connectivity index (χ3n) is 6.24. The molecule has 1 N–H and O–H groups in total. The number of anilines is 1. The molecule has 192 valence electrons. The van der Waals surface area contributed by atoms with Crippen molar-refractivity contribution in [2.24, 2.45) is 0 Å². The zero-order valence-electron chi connectivity index (χ0n) is 21.6. The second kappa shape index (κ2) is 11.6. The Hall–Kier alpha value is -4.33. The largest absolute Gasteiger partial charge is 0.497 e. The molecule has 0 saturated heterocycles. The van der Waals surface area contributed by atoms with Crippen molar-refractivity contribution in [1.82, 2.24) is 14.5 Å². The lowest BCUT2D eigenvalue weighted by atomic mass is 10.1. The molecule has 4 rings (SSSR count). The van der Waals surface area contributed by atoms with Crippen molar-refractivity contribution in [1.29, 1.82) is 0 Å². The molecule has 8 heteroatoms. The molecule has 3 aromatic carbocycles. The van der Waals surface area contributed by atoms with E-state index < -0.39 is 6.04 Å². The van der Waals surface area contributed by atoms with E-state index in [1.165, 1.54) is 0 Å². The highest BCUT2D eigenvalue weighted by Crippen LogP contribution is 2.28. The van der Waals surface area contributed by atoms with Crippen molar-refractivity contribution in [3.63, 3.8) is 0 Å². The molecule has 1 unspecified atom stereocenters. The van der Waals surface area contributed by atoms with Gasteiger partial charge in [0.1, 0.15) is 17.3 Å². The average molecular weight is 501 g/mol. The SMILES string of the molecule is CCCN(C(=O)Nc1cccc(OC)c1)C(CC)c1nc2ccccc2c(=O)n1-c1ccc(OC)cc1. The normalized spacial score (nSPS) is 11.7. The molecule has 0 fully saturated rings. The molecule has 0 aliphatic rings. The molecule has 4 aromatic rings. The maximum absolute atomic E-state index is 13.8. The number of carbonyl (C=O) groups is 1. The number of carbonyl (C=O) groups excluding carboxylic acids is 1. The Morgan fingerprint density at radius 1 is 0.973 bits per heavy atom. The summed E-state index contributed by atoms with van der Waals surface area (Å²) in [5.41, 5.74) is 1.69. The van der Waals surface area contributed by atoms with E-state index >= 15 is 0 Å². The number of fused-ring (bicyclic) bond motifs is 1. The Morgan fingerprint density at radius 3 is 2.38 bits per heavy atom. The molecule has 0 spiro atoms. The molecule has 8 nitrogen and oxygen atoms in total. The van der Waals surface area contributed by atoms with Gasteiger partial charge in [-0.15, -0.1) is 0 Å². The van der Waals surface area contributed by atoms with Crippen LogP contribution in [-0.4, -0.2) is 41.2 Å². The number of methoxy groups -OCH3 is 2. The predicted octanol–water partition coefficient (Wildman–Crippen LogP) is 5.80. The number of para-hydroxylation sites is 1. The van der Waals surface area contributed by atoms with Gasteiger partial charge in [-0.1, -0.05) is 32.0 Å². The second-order valence-electron chi connectivity index (χ2n) is 8.61. The molecule has 1 atom stereocenters. The highest BCUT2D eigenvalue weighted by atomic mass is 16.5. The van der Waals surface area contributed by atoms with E-state index in [4.69, 9.17) is 14.5 Å². The highest BCUT2D eigenvalue weighted by molar-refractivity contribution is 5.90. The van der Waals surface area contributed by atoms with Crippen molar-refractivity contribution in [3.8, 4) is 17.2 Å². The average Bonchev–Trinajstić information content (AvgIpc) is 2.93. The van der Waals surface area contributed by atoms with Gasteiger partial charge in [0.15, 0.2) is 0 Å². The minimum absolute atomic E-state index is 0.186. The van der Waals surface area contributed by atoms with Gasteiger partial charge in [0.05, 0.1) is 36.9 Å². The summed E-state index contributed by atoms with van der Waals surface area (Å²) in [7, 11) is 3.18. The predicted molar refractivity (Wildman–Crippen MR) is 146 cm³/mol. The molecule has 1 heterocycles. The number of hydrogen-bond donors (Lipinski definition) is 1. The van der Waals surface area contributed by atoms with Gasteiger partial charge in [-0.3, -0.25) is 9.36 Å². The summed E-state index contributed by atoms with van der Waals surface area (Å²) in [5, 5.41) is 3.50. The first kappa shape index (κ1) is 25.8. The van der Waals surface area contributed by atoms with Crippen molar-refractivity contribution < 1.29 is 14.3 Å². The first-order valence-corrected chi connectivity index (χ1v) is 12.4. The van der Waals surface area contributed by atoms with E-state index in [1.54, 1.807) is 48.0 Å². The summed E-state index contributed by atoms with van der Waals surface area (Å²) >= 11 is 0. The van der Waals surface area contributed by atoms with E-state index in [0.717, 1.165) is 6.42 Å². The third kappa shape index (κ3) is 5.43. The van der Waals surface area contributed by atoms with Crippen LogP contribution in [0.3, 0.4) is 0 Å². The monoisotopic (exact) mass is 500 g/mol. The molecule has 0 aliphatic carbocycles. The van der Waals surface area contributed by atoms with Gasteiger partial charge in [-0.05, 0) is 61.4 Å². The number of nitrogens with zero attached hydrogens (tertiary/aromatic N) is 3. The van der Waals surface area contributed by atoms with E-state index in [1.807, 2.05) is 62.4 Å². The number of benzene rings is 3. The van der Waals surface area contributed by atoms with Crippen LogP contribution in [0.5, 0.6) is 11.5 Å². The van der Waals surface area contributed by atoms with Crippen LogP contribution in [0, 0.1) is 0 Å². The molecule has 2 amide bonds. The van der Waals surface area contributed by atoms with Gasteiger partial charge < -0.3 is 19.7 Å².